The van der Waals surface area contributed by atoms with Gasteiger partial charge in [-0.15, -0.1) is 24.0 Å². The second-order valence-electron chi connectivity index (χ2n) is 5.43. The minimum atomic E-state index is 0. The van der Waals surface area contributed by atoms with Gasteiger partial charge in [0.2, 0.25) is 0 Å². The molecule has 0 spiro atoms. The van der Waals surface area contributed by atoms with Gasteiger partial charge in [-0.1, -0.05) is 41.9 Å². The van der Waals surface area contributed by atoms with Crippen molar-refractivity contribution < 1.29 is 9.84 Å². The molecule has 0 aromatic heterocycles. The van der Waals surface area contributed by atoms with Crippen LogP contribution < -0.4 is 15.4 Å². The molecule has 0 fully saturated rings. The molecule has 142 valence electrons. The summed E-state index contributed by atoms with van der Waals surface area (Å²) in [5, 5.41) is 17.3. The second-order valence-corrected chi connectivity index (χ2v) is 5.84. The molecule has 2 rings (SSSR count). The first-order valence-corrected chi connectivity index (χ1v) is 8.64. The first-order chi connectivity index (χ1) is 12.2. The van der Waals surface area contributed by atoms with Gasteiger partial charge in [0.1, 0.15) is 0 Å². The van der Waals surface area contributed by atoms with Crippen molar-refractivity contribution in [1.82, 2.24) is 10.6 Å². The Bertz CT molecular complexity index is 726. The molecule has 26 heavy (non-hydrogen) atoms. The molecule has 0 radical (unpaired) electrons. The van der Waals surface area contributed by atoms with Crippen molar-refractivity contribution >= 4 is 41.5 Å². The number of aliphatic imine (C=N–C) groups is 1. The van der Waals surface area contributed by atoms with E-state index in [2.05, 4.69) is 15.6 Å². The predicted octanol–water partition coefficient (Wildman–Crippen LogP) is 3.97. The Morgan fingerprint density at radius 3 is 2.54 bits per heavy atom. The highest BCUT2D eigenvalue weighted by Crippen LogP contribution is 2.29. The van der Waals surface area contributed by atoms with Crippen molar-refractivity contribution in [3.8, 4) is 11.5 Å². The molecular formula is C19H25ClIN3O2. The molecule has 0 aliphatic heterocycles. The number of nitrogens with one attached hydrogen (secondary N) is 2. The number of aromatic hydroxyl groups is 1. The first kappa shape index (κ1) is 22.4. The van der Waals surface area contributed by atoms with Gasteiger partial charge in [-0.3, -0.25) is 0 Å². The van der Waals surface area contributed by atoms with Crippen molar-refractivity contribution in [3.63, 3.8) is 0 Å². The molecule has 0 unspecified atom stereocenters. The molecular weight excluding hydrogens is 465 g/mol. The van der Waals surface area contributed by atoms with Crippen molar-refractivity contribution in [2.75, 3.05) is 20.2 Å². The Hall–Kier alpha value is -1.67. The third-order valence-corrected chi connectivity index (χ3v) is 4.07. The van der Waals surface area contributed by atoms with Gasteiger partial charge in [0, 0.05) is 18.1 Å². The quantitative estimate of drug-likeness (QED) is 0.313. The predicted molar refractivity (Wildman–Crippen MR) is 118 cm³/mol. The van der Waals surface area contributed by atoms with Gasteiger partial charge in [-0.05, 0) is 36.6 Å². The Morgan fingerprint density at radius 1 is 1.12 bits per heavy atom. The fourth-order valence-corrected chi connectivity index (χ4v) is 2.58. The Kier molecular flexibility index (Phi) is 10.2. The zero-order valence-electron chi connectivity index (χ0n) is 15.0. The maximum Gasteiger partial charge on any atom is 0.191 e. The summed E-state index contributed by atoms with van der Waals surface area (Å²) < 4.78 is 5.13. The topological polar surface area (TPSA) is 65.9 Å². The van der Waals surface area contributed by atoms with E-state index >= 15 is 0 Å². The van der Waals surface area contributed by atoms with E-state index in [0.29, 0.717) is 36.2 Å². The monoisotopic (exact) mass is 489 g/mol. The molecule has 0 heterocycles. The minimum absolute atomic E-state index is 0. The van der Waals surface area contributed by atoms with E-state index in [4.69, 9.17) is 16.3 Å². The largest absolute Gasteiger partial charge is 0.504 e. The van der Waals surface area contributed by atoms with Crippen LogP contribution in [0.3, 0.4) is 0 Å². The van der Waals surface area contributed by atoms with E-state index in [1.165, 1.54) is 0 Å². The van der Waals surface area contributed by atoms with E-state index in [-0.39, 0.29) is 29.7 Å². The van der Waals surface area contributed by atoms with Gasteiger partial charge in [-0.25, -0.2) is 4.99 Å². The number of nitrogens with zero attached hydrogens (tertiary/aromatic N) is 1. The van der Waals surface area contributed by atoms with Crippen molar-refractivity contribution in [2.24, 2.45) is 4.99 Å². The summed E-state index contributed by atoms with van der Waals surface area (Å²) in [6.07, 6.45) is 0.652. The van der Waals surface area contributed by atoms with Crippen LogP contribution >= 0.6 is 35.6 Å². The number of benzene rings is 2. The molecule has 5 nitrogen and oxygen atoms in total. The lowest BCUT2D eigenvalue weighted by atomic mass is 10.1. The molecule has 0 aliphatic rings. The lowest BCUT2D eigenvalue weighted by Crippen LogP contribution is -2.38. The highest BCUT2D eigenvalue weighted by molar-refractivity contribution is 14.0. The Labute approximate surface area is 176 Å². The number of phenols is 1. The lowest BCUT2D eigenvalue weighted by molar-refractivity contribution is 0.370. The Morgan fingerprint density at radius 2 is 1.85 bits per heavy atom. The fourth-order valence-electron chi connectivity index (χ4n) is 2.38. The standard InChI is InChI=1S/C19H24ClN3O2.HI/c1-3-21-19(23-13-15-7-4-5-9-16(15)20)22-12-11-14-8-6-10-17(25-2)18(14)24;/h4-10,24H,3,11-13H2,1-2H3,(H2,21,22,23);1H. The minimum Gasteiger partial charge on any atom is -0.504 e. The smallest absolute Gasteiger partial charge is 0.191 e. The van der Waals surface area contributed by atoms with Gasteiger partial charge in [-0.2, -0.15) is 0 Å². The van der Waals surface area contributed by atoms with Crippen LogP contribution in [-0.2, 0) is 13.0 Å². The van der Waals surface area contributed by atoms with Gasteiger partial charge < -0.3 is 20.5 Å². The summed E-state index contributed by atoms with van der Waals surface area (Å²) in [6, 6.07) is 13.2. The molecule has 0 saturated carbocycles. The third-order valence-electron chi connectivity index (χ3n) is 3.70. The lowest BCUT2D eigenvalue weighted by Gasteiger charge is -2.13. The Balaban J connectivity index is 0.00000338. The van der Waals surface area contributed by atoms with Crippen LogP contribution in [-0.4, -0.2) is 31.3 Å². The molecule has 0 bridgehead atoms. The van der Waals surface area contributed by atoms with Crippen LogP contribution in [0.2, 0.25) is 5.02 Å². The van der Waals surface area contributed by atoms with E-state index in [0.717, 1.165) is 17.7 Å². The van der Waals surface area contributed by atoms with Crippen LogP contribution in [0.1, 0.15) is 18.1 Å². The molecule has 2 aromatic rings. The van der Waals surface area contributed by atoms with Crippen LogP contribution in [0.4, 0.5) is 0 Å². The number of methoxy groups -OCH3 is 1. The van der Waals surface area contributed by atoms with Crippen LogP contribution in [0.25, 0.3) is 0 Å². The highest BCUT2D eigenvalue weighted by atomic mass is 127. The summed E-state index contributed by atoms with van der Waals surface area (Å²) >= 11 is 6.17. The zero-order chi connectivity index (χ0) is 18.1. The van der Waals surface area contributed by atoms with Gasteiger partial charge in [0.25, 0.3) is 0 Å². The van der Waals surface area contributed by atoms with Gasteiger partial charge in [0.15, 0.2) is 17.5 Å². The van der Waals surface area contributed by atoms with Gasteiger partial charge in [0.05, 0.1) is 13.7 Å². The normalized spacial score (nSPS) is 10.8. The van der Waals surface area contributed by atoms with Crippen LogP contribution in [0.15, 0.2) is 47.5 Å². The number of hydrogen-bond donors (Lipinski definition) is 3. The van der Waals surface area contributed by atoms with Crippen molar-refractivity contribution in [3.05, 3.63) is 58.6 Å². The summed E-state index contributed by atoms with van der Waals surface area (Å²) in [7, 11) is 1.54. The number of ether oxygens (including phenoxy) is 1. The van der Waals surface area contributed by atoms with Crippen LogP contribution in [0.5, 0.6) is 11.5 Å². The summed E-state index contributed by atoms with van der Waals surface area (Å²) in [5.74, 6) is 1.38. The average molecular weight is 490 g/mol. The van der Waals surface area contributed by atoms with E-state index < -0.39 is 0 Å². The van der Waals surface area contributed by atoms with Gasteiger partial charge >= 0.3 is 0 Å². The number of halogens is 2. The number of rotatable bonds is 7. The van der Waals surface area contributed by atoms with Crippen molar-refractivity contribution in [1.29, 1.82) is 0 Å². The van der Waals surface area contributed by atoms with Crippen molar-refractivity contribution in [2.45, 2.75) is 19.9 Å². The third kappa shape index (κ3) is 6.57. The average Bonchev–Trinajstić information content (AvgIpc) is 2.62. The number of guanidine groups is 1. The van der Waals surface area contributed by atoms with E-state index in [1.54, 1.807) is 13.2 Å². The van der Waals surface area contributed by atoms with E-state index in [1.807, 2.05) is 43.3 Å². The van der Waals surface area contributed by atoms with Crippen LogP contribution in [0, 0.1) is 0 Å². The first-order valence-electron chi connectivity index (χ1n) is 8.26. The maximum atomic E-state index is 10.1. The number of para-hydroxylation sites is 1. The highest BCUT2D eigenvalue weighted by Gasteiger charge is 2.07. The molecule has 7 heteroatoms. The maximum absolute atomic E-state index is 10.1. The molecule has 0 aliphatic carbocycles. The second kappa shape index (κ2) is 11.9. The summed E-state index contributed by atoms with van der Waals surface area (Å²) in [4.78, 5) is 4.55. The fraction of sp³-hybridized carbons (Fsp3) is 0.316. The molecule has 0 atom stereocenters. The molecule has 3 N–H and O–H groups in total. The summed E-state index contributed by atoms with van der Waals surface area (Å²) in [5.41, 5.74) is 1.81. The zero-order valence-corrected chi connectivity index (χ0v) is 18.0. The van der Waals surface area contributed by atoms with E-state index in [9.17, 15) is 5.11 Å². The number of hydrogen-bond acceptors (Lipinski definition) is 3. The summed E-state index contributed by atoms with van der Waals surface area (Å²) in [6.45, 7) is 3.91. The molecule has 0 amide bonds. The molecule has 0 saturated heterocycles. The number of phenolic OH excluding ortho intramolecular Hbond substituents is 1. The molecule has 2 aromatic carbocycles. The SMILES string of the molecule is CCNC(=NCc1ccccc1Cl)NCCc1cccc(OC)c1O.I.